The van der Waals surface area contributed by atoms with Gasteiger partial charge in [0.05, 0.1) is 0 Å². The van der Waals surface area contributed by atoms with Crippen LogP contribution >= 0.6 is 0 Å². The van der Waals surface area contributed by atoms with Crippen molar-refractivity contribution in [2.75, 3.05) is 0 Å². The molecule has 93 valence electrons. The van der Waals surface area contributed by atoms with Crippen molar-refractivity contribution in [3.05, 3.63) is 41.8 Å². The molecule has 0 bridgehead atoms. The normalized spacial score (nSPS) is 11.3. The van der Waals surface area contributed by atoms with Gasteiger partial charge in [-0.25, -0.2) is 0 Å². The van der Waals surface area contributed by atoms with Crippen molar-refractivity contribution in [1.82, 2.24) is 5.32 Å². The van der Waals surface area contributed by atoms with E-state index in [1.165, 1.54) is 5.56 Å². The molecular weight excluding hydrogens is 210 g/mol. The van der Waals surface area contributed by atoms with E-state index in [4.69, 9.17) is 0 Å². The zero-order valence-corrected chi connectivity index (χ0v) is 11.2. The third kappa shape index (κ3) is 4.59. The highest BCUT2D eigenvalue weighted by Gasteiger charge is 2.17. The van der Waals surface area contributed by atoms with Gasteiger partial charge in [-0.3, -0.25) is 4.79 Å². The standard InChI is InChI=1S/C15H22NO/c1-5-15(3,4)16-14(17)11-10-13-9-7-6-8-12(13)2/h6-10H,5,11H2,1-4H3,(H,16,17). The molecule has 1 amide bonds. The highest BCUT2D eigenvalue weighted by Crippen LogP contribution is 2.12. The Hall–Kier alpha value is -1.31. The summed E-state index contributed by atoms with van der Waals surface area (Å²) in [6, 6.07) is 8.09. The zero-order chi connectivity index (χ0) is 12.9. The maximum atomic E-state index is 11.8. The van der Waals surface area contributed by atoms with E-state index >= 15 is 0 Å². The van der Waals surface area contributed by atoms with Gasteiger partial charge < -0.3 is 5.32 Å². The molecule has 1 aromatic carbocycles. The van der Waals surface area contributed by atoms with Gasteiger partial charge in [0.15, 0.2) is 0 Å². The number of aryl methyl sites for hydroxylation is 1. The van der Waals surface area contributed by atoms with Crippen LogP contribution in [-0.4, -0.2) is 11.4 Å². The van der Waals surface area contributed by atoms with Crippen LogP contribution in [0, 0.1) is 13.3 Å². The first-order chi connectivity index (χ1) is 7.94. The highest BCUT2D eigenvalue weighted by molar-refractivity contribution is 5.78. The van der Waals surface area contributed by atoms with Crippen molar-refractivity contribution in [3.8, 4) is 0 Å². The lowest BCUT2D eigenvalue weighted by atomic mass is 10.0. The fraction of sp³-hybridized carbons (Fsp3) is 0.467. The lowest BCUT2D eigenvalue weighted by molar-refractivity contribution is -0.122. The molecule has 0 aliphatic rings. The van der Waals surface area contributed by atoms with Crippen LogP contribution in [0.15, 0.2) is 24.3 Å². The van der Waals surface area contributed by atoms with Crippen LogP contribution in [0.2, 0.25) is 0 Å². The van der Waals surface area contributed by atoms with Gasteiger partial charge in [0.2, 0.25) is 5.91 Å². The first-order valence-electron chi connectivity index (χ1n) is 6.14. The Labute approximate surface area is 104 Å². The van der Waals surface area contributed by atoms with Crippen molar-refractivity contribution >= 4 is 5.91 Å². The maximum absolute atomic E-state index is 11.8. The minimum Gasteiger partial charge on any atom is -0.351 e. The van der Waals surface area contributed by atoms with Gasteiger partial charge in [0, 0.05) is 18.4 Å². The molecule has 0 saturated heterocycles. The number of carbonyl (C=O) groups excluding carboxylic acids is 1. The molecule has 17 heavy (non-hydrogen) atoms. The van der Waals surface area contributed by atoms with Crippen LogP contribution in [0.3, 0.4) is 0 Å². The number of benzene rings is 1. The van der Waals surface area contributed by atoms with Crippen LogP contribution in [0.25, 0.3) is 0 Å². The third-order valence-electron chi connectivity index (χ3n) is 3.06. The van der Waals surface area contributed by atoms with Crippen LogP contribution < -0.4 is 5.32 Å². The minimum atomic E-state index is -0.114. The molecular formula is C15H22NO. The summed E-state index contributed by atoms with van der Waals surface area (Å²) in [7, 11) is 0. The molecule has 0 aliphatic heterocycles. The molecule has 1 aromatic rings. The second-order valence-corrected chi connectivity index (χ2v) is 5.05. The van der Waals surface area contributed by atoms with E-state index < -0.39 is 0 Å². The number of hydrogen-bond donors (Lipinski definition) is 1. The van der Waals surface area contributed by atoms with Crippen molar-refractivity contribution in [1.29, 1.82) is 0 Å². The molecule has 2 heteroatoms. The molecule has 0 aliphatic carbocycles. The fourth-order valence-corrected chi connectivity index (χ4v) is 1.54. The Morgan fingerprint density at radius 1 is 1.35 bits per heavy atom. The van der Waals surface area contributed by atoms with Crippen LogP contribution in [0.5, 0.6) is 0 Å². The average molecular weight is 232 g/mol. The Balaban J connectivity index is 2.47. The maximum Gasteiger partial charge on any atom is 0.221 e. The van der Waals surface area contributed by atoms with E-state index in [2.05, 4.69) is 25.2 Å². The number of rotatable bonds is 5. The van der Waals surface area contributed by atoms with Gasteiger partial charge in [-0.05, 0) is 38.3 Å². The smallest absolute Gasteiger partial charge is 0.221 e. The molecule has 0 saturated carbocycles. The average Bonchev–Trinajstić information content (AvgIpc) is 2.27. The van der Waals surface area contributed by atoms with E-state index in [0.29, 0.717) is 6.42 Å². The Morgan fingerprint density at radius 2 is 2.00 bits per heavy atom. The number of amides is 1. The summed E-state index contributed by atoms with van der Waals surface area (Å²) in [6.45, 7) is 8.21. The molecule has 0 unspecified atom stereocenters. The summed E-state index contributed by atoms with van der Waals surface area (Å²) < 4.78 is 0. The Kier molecular flexibility index (Phi) is 4.73. The molecule has 0 atom stereocenters. The SMILES string of the molecule is CCC(C)(C)NC(=O)C[CH]c1ccccc1C. The van der Waals surface area contributed by atoms with Crippen molar-refractivity contribution in [2.45, 2.75) is 46.1 Å². The van der Waals surface area contributed by atoms with E-state index in [-0.39, 0.29) is 11.4 Å². The highest BCUT2D eigenvalue weighted by atomic mass is 16.1. The third-order valence-corrected chi connectivity index (χ3v) is 3.06. The molecule has 0 fully saturated rings. The van der Waals surface area contributed by atoms with Gasteiger partial charge in [-0.2, -0.15) is 0 Å². The molecule has 1 rings (SSSR count). The molecule has 2 nitrogen and oxygen atoms in total. The van der Waals surface area contributed by atoms with Crippen LogP contribution in [-0.2, 0) is 4.79 Å². The molecule has 0 aromatic heterocycles. The summed E-state index contributed by atoms with van der Waals surface area (Å²) in [5.74, 6) is 0.0834. The molecule has 0 heterocycles. The second-order valence-electron chi connectivity index (χ2n) is 5.05. The number of hydrogen-bond acceptors (Lipinski definition) is 1. The van der Waals surface area contributed by atoms with Crippen molar-refractivity contribution in [3.63, 3.8) is 0 Å². The van der Waals surface area contributed by atoms with Gasteiger partial charge in [-0.15, -0.1) is 0 Å². The van der Waals surface area contributed by atoms with Gasteiger partial charge in [0.1, 0.15) is 0 Å². The van der Waals surface area contributed by atoms with Gasteiger partial charge in [-0.1, -0.05) is 31.2 Å². The van der Waals surface area contributed by atoms with Crippen molar-refractivity contribution < 1.29 is 4.79 Å². The second kappa shape index (κ2) is 5.85. The van der Waals surface area contributed by atoms with Crippen LogP contribution in [0.1, 0.15) is 44.7 Å². The largest absolute Gasteiger partial charge is 0.351 e. The number of nitrogens with one attached hydrogen (secondary N) is 1. The zero-order valence-electron chi connectivity index (χ0n) is 11.2. The Morgan fingerprint density at radius 3 is 2.59 bits per heavy atom. The molecule has 0 spiro atoms. The lowest BCUT2D eigenvalue weighted by Gasteiger charge is -2.24. The monoisotopic (exact) mass is 232 g/mol. The van der Waals surface area contributed by atoms with E-state index in [0.717, 1.165) is 12.0 Å². The van der Waals surface area contributed by atoms with Crippen molar-refractivity contribution in [2.24, 2.45) is 0 Å². The first-order valence-corrected chi connectivity index (χ1v) is 6.14. The van der Waals surface area contributed by atoms with Crippen LogP contribution in [0.4, 0.5) is 0 Å². The van der Waals surface area contributed by atoms with Gasteiger partial charge in [0.25, 0.3) is 0 Å². The summed E-state index contributed by atoms with van der Waals surface area (Å²) in [6.07, 6.45) is 3.35. The summed E-state index contributed by atoms with van der Waals surface area (Å²) >= 11 is 0. The Bertz CT molecular complexity index is 382. The predicted octanol–water partition coefficient (Wildman–Crippen LogP) is 3.24. The summed E-state index contributed by atoms with van der Waals surface area (Å²) in [5, 5.41) is 3.03. The lowest BCUT2D eigenvalue weighted by Crippen LogP contribution is -2.42. The quantitative estimate of drug-likeness (QED) is 0.829. The topological polar surface area (TPSA) is 29.1 Å². The van der Waals surface area contributed by atoms with E-state index in [9.17, 15) is 4.79 Å². The summed E-state index contributed by atoms with van der Waals surface area (Å²) in [4.78, 5) is 11.8. The molecule has 1 radical (unpaired) electrons. The van der Waals surface area contributed by atoms with E-state index in [1.54, 1.807) is 0 Å². The van der Waals surface area contributed by atoms with E-state index in [1.807, 2.05) is 38.5 Å². The first kappa shape index (κ1) is 13.8. The van der Waals surface area contributed by atoms with Gasteiger partial charge >= 0.3 is 0 Å². The molecule has 1 N–H and O–H groups in total. The minimum absolute atomic E-state index is 0.0834. The summed E-state index contributed by atoms with van der Waals surface area (Å²) in [5.41, 5.74) is 2.23. The predicted molar refractivity (Wildman–Crippen MR) is 71.7 cm³/mol. The fourth-order valence-electron chi connectivity index (χ4n) is 1.54. The number of carbonyl (C=O) groups is 1.